The maximum atomic E-state index is 5.75. The molecule has 0 radical (unpaired) electrons. The molecule has 1 spiro atoms. The minimum absolute atomic E-state index is 0.233. The fourth-order valence-corrected chi connectivity index (χ4v) is 2.83. The molecule has 2 aliphatic rings. The summed E-state index contributed by atoms with van der Waals surface area (Å²) in [4.78, 5) is 0. The molecule has 3 nitrogen and oxygen atoms in total. The van der Waals surface area contributed by atoms with Gasteiger partial charge in [-0.3, -0.25) is 0 Å². The highest BCUT2D eigenvalue weighted by Gasteiger charge is 2.46. The molecular formula is C11H20O3. The second-order valence-electron chi connectivity index (χ2n) is 4.88. The molecular weight excluding hydrogens is 180 g/mol. The molecule has 0 amide bonds. The molecule has 2 fully saturated rings. The third-order valence-electron chi connectivity index (χ3n) is 3.34. The fraction of sp³-hybridized carbons (Fsp3) is 1.00. The predicted molar refractivity (Wildman–Crippen MR) is 53.1 cm³/mol. The molecule has 14 heavy (non-hydrogen) atoms. The van der Waals surface area contributed by atoms with Gasteiger partial charge in [-0.1, -0.05) is 6.92 Å². The van der Waals surface area contributed by atoms with E-state index in [9.17, 15) is 0 Å². The third-order valence-corrected chi connectivity index (χ3v) is 3.34. The van der Waals surface area contributed by atoms with Gasteiger partial charge < -0.3 is 14.2 Å². The van der Waals surface area contributed by atoms with E-state index in [0.717, 1.165) is 32.7 Å². The van der Waals surface area contributed by atoms with Crippen LogP contribution in [0.15, 0.2) is 0 Å². The fourth-order valence-electron chi connectivity index (χ4n) is 2.83. The topological polar surface area (TPSA) is 27.7 Å². The molecule has 1 saturated carbocycles. The van der Waals surface area contributed by atoms with Gasteiger partial charge in [-0.25, -0.2) is 0 Å². The van der Waals surface area contributed by atoms with Gasteiger partial charge in [-0.2, -0.15) is 0 Å². The second kappa shape index (κ2) is 3.80. The maximum Gasteiger partial charge on any atom is 0.169 e. The van der Waals surface area contributed by atoms with Gasteiger partial charge in [0.05, 0.1) is 19.8 Å². The molecule has 0 aromatic heterocycles. The Bertz CT molecular complexity index is 195. The van der Waals surface area contributed by atoms with Crippen LogP contribution in [0.5, 0.6) is 0 Å². The van der Waals surface area contributed by atoms with Crippen LogP contribution in [0, 0.1) is 5.41 Å². The van der Waals surface area contributed by atoms with Crippen molar-refractivity contribution in [1.82, 2.24) is 0 Å². The molecule has 3 heteroatoms. The minimum atomic E-state index is -0.272. The maximum absolute atomic E-state index is 5.75. The third kappa shape index (κ3) is 1.95. The van der Waals surface area contributed by atoms with Gasteiger partial charge >= 0.3 is 0 Å². The van der Waals surface area contributed by atoms with E-state index in [-0.39, 0.29) is 11.2 Å². The molecule has 1 atom stereocenters. The van der Waals surface area contributed by atoms with Gasteiger partial charge in [0, 0.05) is 20.0 Å². The lowest BCUT2D eigenvalue weighted by atomic mass is 9.73. The van der Waals surface area contributed by atoms with Gasteiger partial charge in [0.15, 0.2) is 5.79 Å². The van der Waals surface area contributed by atoms with Crippen LogP contribution >= 0.6 is 0 Å². The SMILES string of the molecule is COCC1(C)CCCC2(C1)OCCO2. The van der Waals surface area contributed by atoms with Crippen molar-refractivity contribution < 1.29 is 14.2 Å². The first-order chi connectivity index (χ1) is 6.68. The average Bonchev–Trinajstić information content (AvgIpc) is 2.52. The van der Waals surface area contributed by atoms with E-state index in [1.807, 2.05) is 0 Å². The predicted octanol–water partition coefficient (Wildman–Crippen LogP) is 1.96. The first-order valence-electron chi connectivity index (χ1n) is 5.45. The van der Waals surface area contributed by atoms with Crippen LogP contribution in [0.2, 0.25) is 0 Å². The molecule has 0 N–H and O–H groups in total. The van der Waals surface area contributed by atoms with Crippen LogP contribution in [-0.2, 0) is 14.2 Å². The highest BCUT2D eigenvalue weighted by Crippen LogP contribution is 2.45. The van der Waals surface area contributed by atoms with Gasteiger partial charge in [-0.05, 0) is 18.3 Å². The van der Waals surface area contributed by atoms with Gasteiger partial charge in [0.25, 0.3) is 0 Å². The number of hydrogen-bond donors (Lipinski definition) is 0. The second-order valence-corrected chi connectivity index (χ2v) is 4.88. The summed E-state index contributed by atoms with van der Waals surface area (Å²) in [6.45, 7) is 4.58. The summed E-state index contributed by atoms with van der Waals surface area (Å²) in [6.07, 6.45) is 4.43. The Kier molecular flexibility index (Phi) is 2.82. The molecule has 1 heterocycles. The van der Waals surface area contributed by atoms with Crippen molar-refractivity contribution in [2.24, 2.45) is 5.41 Å². The van der Waals surface area contributed by atoms with Crippen molar-refractivity contribution in [2.75, 3.05) is 26.9 Å². The zero-order valence-electron chi connectivity index (χ0n) is 9.17. The summed E-state index contributed by atoms with van der Waals surface area (Å²) in [5, 5.41) is 0. The molecule has 1 saturated heterocycles. The Balaban J connectivity index is 2.02. The van der Waals surface area contributed by atoms with Crippen molar-refractivity contribution in [3.63, 3.8) is 0 Å². The lowest BCUT2D eigenvalue weighted by Crippen LogP contribution is -2.42. The first-order valence-corrected chi connectivity index (χ1v) is 5.45. The highest BCUT2D eigenvalue weighted by molar-refractivity contribution is 4.90. The van der Waals surface area contributed by atoms with E-state index < -0.39 is 0 Å². The summed E-state index contributed by atoms with van der Waals surface area (Å²) in [5.41, 5.74) is 0.233. The number of methoxy groups -OCH3 is 1. The summed E-state index contributed by atoms with van der Waals surface area (Å²) >= 11 is 0. The van der Waals surface area contributed by atoms with E-state index in [1.165, 1.54) is 12.8 Å². The van der Waals surface area contributed by atoms with Gasteiger partial charge in [0.1, 0.15) is 0 Å². The lowest BCUT2D eigenvalue weighted by molar-refractivity contribution is -0.205. The van der Waals surface area contributed by atoms with Crippen molar-refractivity contribution in [2.45, 2.75) is 38.4 Å². The van der Waals surface area contributed by atoms with Crippen LogP contribution < -0.4 is 0 Å². The van der Waals surface area contributed by atoms with Crippen LogP contribution in [0.4, 0.5) is 0 Å². The van der Waals surface area contributed by atoms with Crippen LogP contribution in [-0.4, -0.2) is 32.7 Å². The molecule has 0 aromatic carbocycles. The molecule has 82 valence electrons. The molecule has 0 bridgehead atoms. The van der Waals surface area contributed by atoms with E-state index in [1.54, 1.807) is 7.11 Å². The molecule has 1 unspecified atom stereocenters. The summed E-state index contributed by atoms with van der Waals surface area (Å²) in [5.74, 6) is -0.272. The van der Waals surface area contributed by atoms with E-state index in [2.05, 4.69) is 6.92 Å². The molecule has 0 aromatic rings. The van der Waals surface area contributed by atoms with Crippen LogP contribution in [0.3, 0.4) is 0 Å². The summed E-state index contributed by atoms with van der Waals surface area (Å²) in [6, 6.07) is 0. The van der Waals surface area contributed by atoms with Gasteiger partial charge in [-0.15, -0.1) is 0 Å². The quantitative estimate of drug-likeness (QED) is 0.682. The van der Waals surface area contributed by atoms with Crippen LogP contribution in [0.25, 0.3) is 0 Å². The first kappa shape index (κ1) is 10.4. The van der Waals surface area contributed by atoms with Crippen molar-refractivity contribution >= 4 is 0 Å². The summed E-state index contributed by atoms with van der Waals surface area (Å²) in [7, 11) is 1.77. The highest BCUT2D eigenvalue weighted by atomic mass is 16.7. The Morgan fingerprint density at radius 1 is 1.21 bits per heavy atom. The zero-order valence-corrected chi connectivity index (χ0v) is 9.17. The number of hydrogen-bond acceptors (Lipinski definition) is 3. The zero-order chi connectivity index (χ0) is 10.1. The van der Waals surface area contributed by atoms with Crippen molar-refractivity contribution in [3.05, 3.63) is 0 Å². The molecule has 2 rings (SSSR count). The summed E-state index contributed by atoms with van der Waals surface area (Å²) < 4.78 is 16.8. The largest absolute Gasteiger partial charge is 0.384 e. The normalized spacial score (nSPS) is 36.4. The van der Waals surface area contributed by atoms with E-state index in [4.69, 9.17) is 14.2 Å². The van der Waals surface area contributed by atoms with E-state index >= 15 is 0 Å². The molecule has 1 aliphatic heterocycles. The Morgan fingerprint density at radius 3 is 2.57 bits per heavy atom. The van der Waals surface area contributed by atoms with Crippen molar-refractivity contribution in [3.8, 4) is 0 Å². The van der Waals surface area contributed by atoms with E-state index in [0.29, 0.717) is 0 Å². The standard InChI is InChI=1S/C11H20O3/c1-10(9-12-2)4-3-5-11(8-10)13-6-7-14-11/h3-9H2,1-2H3. The number of ether oxygens (including phenoxy) is 3. The number of rotatable bonds is 2. The Labute approximate surface area is 85.7 Å². The van der Waals surface area contributed by atoms with Crippen LogP contribution in [0.1, 0.15) is 32.6 Å². The minimum Gasteiger partial charge on any atom is -0.384 e. The Morgan fingerprint density at radius 2 is 1.93 bits per heavy atom. The average molecular weight is 200 g/mol. The van der Waals surface area contributed by atoms with Crippen molar-refractivity contribution in [1.29, 1.82) is 0 Å². The lowest BCUT2D eigenvalue weighted by Gasteiger charge is -2.42. The monoisotopic (exact) mass is 200 g/mol. The smallest absolute Gasteiger partial charge is 0.169 e. The van der Waals surface area contributed by atoms with Gasteiger partial charge in [0.2, 0.25) is 0 Å². The molecule has 1 aliphatic carbocycles. The Hall–Kier alpha value is -0.120.